The first kappa shape index (κ1) is 21.7. The van der Waals surface area contributed by atoms with E-state index in [0.717, 1.165) is 11.3 Å². The van der Waals surface area contributed by atoms with Crippen LogP contribution in [0.1, 0.15) is 45.9 Å². The normalized spacial score (nSPS) is 15.0. The summed E-state index contributed by atoms with van der Waals surface area (Å²) in [5.74, 6) is 1.15. The summed E-state index contributed by atoms with van der Waals surface area (Å²) in [7, 11) is 1.56. The topological polar surface area (TPSA) is 81.9 Å². The number of nitrogens with zero attached hydrogens (tertiary/aromatic N) is 2. The van der Waals surface area contributed by atoms with E-state index in [1.807, 2.05) is 45.0 Å². The number of carbonyl (C=O) groups excluding carboxylic acids is 1. The van der Waals surface area contributed by atoms with E-state index in [9.17, 15) is 9.59 Å². The van der Waals surface area contributed by atoms with Crippen molar-refractivity contribution in [1.82, 2.24) is 4.98 Å². The van der Waals surface area contributed by atoms with Crippen molar-refractivity contribution in [3.63, 3.8) is 0 Å². The van der Waals surface area contributed by atoms with Crippen LogP contribution in [0.5, 0.6) is 11.5 Å². The van der Waals surface area contributed by atoms with Gasteiger partial charge in [0.25, 0.3) is 5.91 Å². The van der Waals surface area contributed by atoms with E-state index in [2.05, 4.69) is 4.98 Å². The van der Waals surface area contributed by atoms with E-state index in [-0.39, 0.29) is 16.8 Å². The van der Waals surface area contributed by atoms with Gasteiger partial charge in [-0.1, -0.05) is 23.8 Å². The van der Waals surface area contributed by atoms with Crippen LogP contribution in [0.15, 0.2) is 63.8 Å². The Kier molecular flexibility index (Phi) is 5.32. The van der Waals surface area contributed by atoms with Gasteiger partial charge in [0.2, 0.25) is 5.76 Å². The molecule has 0 aliphatic carbocycles. The van der Waals surface area contributed by atoms with Gasteiger partial charge in [0.05, 0.1) is 30.7 Å². The predicted molar refractivity (Wildman–Crippen MR) is 129 cm³/mol. The fourth-order valence-electron chi connectivity index (χ4n) is 4.43. The average Bonchev–Trinajstić information content (AvgIpc) is 3.12. The summed E-state index contributed by atoms with van der Waals surface area (Å²) < 4.78 is 17.2. The molecule has 0 radical (unpaired) electrons. The zero-order valence-electron chi connectivity index (χ0n) is 19.4. The highest BCUT2D eigenvalue weighted by atomic mass is 16.5. The summed E-state index contributed by atoms with van der Waals surface area (Å²) >= 11 is 0. The Morgan fingerprint density at radius 1 is 1.03 bits per heavy atom. The lowest BCUT2D eigenvalue weighted by atomic mass is 9.97. The van der Waals surface area contributed by atoms with Gasteiger partial charge < -0.3 is 13.9 Å². The number of rotatable bonds is 5. The fourth-order valence-corrected chi connectivity index (χ4v) is 4.43. The standard InChI is InChI=1S/C27H24N2O5/c1-5-33-20-12-10-17(14-21(20)32-4)24-23-25(30)18-13-15(2)9-11-19(18)34-26(23)27(31)29(24)22-8-6-7-16(3)28-22/h6-14,24H,5H2,1-4H3. The van der Waals surface area contributed by atoms with Gasteiger partial charge in [-0.05, 0) is 62.7 Å². The molecule has 0 spiro atoms. The molecule has 2 aromatic carbocycles. The number of hydrogen-bond donors (Lipinski definition) is 0. The number of aromatic nitrogens is 1. The maximum atomic E-state index is 13.8. The van der Waals surface area contributed by atoms with Gasteiger partial charge >= 0.3 is 0 Å². The lowest BCUT2D eigenvalue weighted by molar-refractivity contribution is 0.0970. The second-order valence-electron chi connectivity index (χ2n) is 8.23. The minimum Gasteiger partial charge on any atom is -0.493 e. The third-order valence-corrected chi connectivity index (χ3v) is 5.95. The number of amides is 1. The van der Waals surface area contributed by atoms with Gasteiger partial charge in [-0.2, -0.15) is 0 Å². The number of ether oxygens (including phenoxy) is 2. The first-order valence-electron chi connectivity index (χ1n) is 11.1. The Bertz CT molecular complexity index is 1490. The van der Waals surface area contributed by atoms with Crippen molar-refractivity contribution in [1.29, 1.82) is 0 Å². The summed E-state index contributed by atoms with van der Waals surface area (Å²) in [4.78, 5) is 33.5. The molecule has 1 amide bonds. The number of anilines is 1. The summed E-state index contributed by atoms with van der Waals surface area (Å²) in [5.41, 5.74) is 2.81. The van der Waals surface area contributed by atoms with E-state index < -0.39 is 11.9 Å². The van der Waals surface area contributed by atoms with Gasteiger partial charge in [0.15, 0.2) is 16.9 Å². The minimum absolute atomic E-state index is 0.0301. The van der Waals surface area contributed by atoms with E-state index >= 15 is 0 Å². The van der Waals surface area contributed by atoms with Crippen molar-refractivity contribution in [3.8, 4) is 11.5 Å². The van der Waals surface area contributed by atoms with Gasteiger partial charge in [0.1, 0.15) is 11.4 Å². The molecule has 0 saturated carbocycles. The van der Waals surface area contributed by atoms with Crippen molar-refractivity contribution in [2.75, 3.05) is 18.6 Å². The molecule has 1 atom stereocenters. The molecule has 4 aromatic rings. The van der Waals surface area contributed by atoms with Crippen molar-refractivity contribution < 1.29 is 18.7 Å². The molecule has 0 fully saturated rings. The third-order valence-electron chi connectivity index (χ3n) is 5.95. The molecule has 5 rings (SSSR count). The zero-order chi connectivity index (χ0) is 24.0. The van der Waals surface area contributed by atoms with Gasteiger partial charge in [-0.25, -0.2) is 4.98 Å². The zero-order valence-corrected chi connectivity index (χ0v) is 19.4. The van der Waals surface area contributed by atoms with E-state index in [1.54, 1.807) is 37.4 Å². The molecule has 0 bridgehead atoms. The highest BCUT2D eigenvalue weighted by Crippen LogP contribution is 2.42. The maximum absolute atomic E-state index is 13.8. The molecule has 1 unspecified atom stereocenters. The van der Waals surface area contributed by atoms with Crippen LogP contribution in [0.25, 0.3) is 11.0 Å². The van der Waals surface area contributed by atoms with Crippen molar-refractivity contribution >= 4 is 22.7 Å². The number of carbonyl (C=O) groups is 1. The van der Waals surface area contributed by atoms with Crippen LogP contribution in [-0.4, -0.2) is 24.6 Å². The maximum Gasteiger partial charge on any atom is 0.296 e. The summed E-state index contributed by atoms with van der Waals surface area (Å²) in [6, 6.07) is 15.5. The van der Waals surface area contributed by atoms with Crippen LogP contribution < -0.4 is 19.8 Å². The van der Waals surface area contributed by atoms with Crippen molar-refractivity contribution in [3.05, 3.63) is 93.0 Å². The van der Waals surface area contributed by atoms with E-state index in [1.165, 1.54) is 4.90 Å². The second kappa shape index (κ2) is 8.33. The molecule has 3 heterocycles. The van der Waals surface area contributed by atoms with Crippen molar-refractivity contribution in [2.45, 2.75) is 26.8 Å². The molecule has 0 N–H and O–H groups in total. The van der Waals surface area contributed by atoms with Crippen LogP contribution in [0.3, 0.4) is 0 Å². The van der Waals surface area contributed by atoms with Crippen molar-refractivity contribution in [2.24, 2.45) is 0 Å². The molecular weight excluding hydrogens is 432 g/mol. The third kappa shape index (κ3) is 3.41. The first-order valence-corrected chi connectivity index (χ1v) is 11.1. The summed E-state index contributed by atoms with van der Waals surface area (Å²) in [6.45, 7) is 6.14. The van der Waals surface area contributed by atoms with E-state index in [0.29, 0.717) is 40.5 Å². The Morgan fingerprint density at radius 3 is 2.59 bits per heavy atom. The van der Waals surface area contributed by atoms with Crippen LogP contribution >= 0.6 is 0 Å². The monoisotopic (exact) mass is 456 g/mol. The van der Waals surface area contributed by atoms with Crippen LogP contribution in [0.2, 0.25) is 0 Å². The SMILES string of the molecule is CCOc1ccc(C2c3c(oc4ccc(C)cc4c3=O)C(=O)N2c2cccc(C)n2)cc1OC. The molecule has 1 aliphatic rings. The number of pyridine rings is 1. The van der Waals surface area contributed by atoms with Crippen LogP contribution in [0.4, 0.5) is 5.82 Å². The predicted octanol–water partition coefficient (Wildman–Crippen LogP) is 4.96. The highest BCUT2D eigenvalue weighted by Gasteiger charge is 2.44. The van der Waals surface area contributed by atoms with Crippen LogP contribution in [0, 0.1) is 13.8 Å². The minimum atomic E-state index is -0.734. The largest absolute Gasteiger partial charge is 0.493 e. The van der Waals surface area contributed by atoms with Gasteiger partial charge in [0, 0.05) is 5.69 Å². The summed E-state index contributed by atoms with van der Waals surface area (Å²) in [5, 5.41) is 0.438. The molecule has 1 aliphatic heterocycles. The molecular formula is C27H24N2O5. The number of aryl methyl sites for hydroxylation is 2. The lowest BCUT2D eigenvalue weighted by Crippen LogP contribution is -2.30. The Labute approximate surface area is 196 Å². The Morgan fingerprint density at radius 2 is 1.85 bits per heavy atom. The number of fused-ring (bicyclic) bond motifs is 2. The number of benzene rings is 2. The Hall–Kier alpha value is -4.13. The molecule has 7 heteroatoms. The van der Waals surface area contributed by atoms with Gasteiger partial charge in [-0.3, -0.25) is 14.5 Å². The van der Waals surface area contributed by atoms with Crippen LogP contribution in [-0.2, 0) is 0 Å². The Balaban J connectivity index is 1.80. The second-order valence-corrected chi connectivity index (χ2v) is 8.23. The molecule has 34 heavy (non-hydrogen) atoms. The fraction of sp³-hybridized carbons (Fsp3) is 0.222. The first-order chi connectivity index (χ1) is 16.4. The van der Waals surface area contributed by atoms with Gasteiger partial charge in [-0.15, -0.1) is 0 Å². The van der Waals surface area contributed by atoms with E-state index in [4.69, 9.17) is 13.9 Å². The molecule has 2 aromatic heterocycles. The average molecular weight is 456 g/mol. The summed E-state index contributed by atoms with van der Waals surface area (Å²) in [6.07, 6.45) is 0. The molecule has 172 valence electrons. The quantitative estimate of drug-likeness (QED) is 0.422. The smallest absolute Gasteiger partial charge is 0.296 e. The molecule has 0 saturated heterocycles. The lowest BCUT2D eigenvalue weighted by Gasteiger charge is -2.25. The number of hydrogen-bond acceptors (Lipinski definition) is 6. The number of methoxy groups -OCH3 is 1. The molecule has 7 nitrogen and oxygen atoms in total. The highest BCUT2D eigenvalue weighted by molar-refractivity contribution is 6.10.